The predicted molar refractivity (Wildman–Crippen MR) is 152 cm³/mol. The number of rotatable bonds is 1. The number of aliphatic hydroxyl groups is 1. The second-order valence-corrected chi connectivity index (χ2v) is 11.6. The number of alkyl halides is 2. The number of aliphatic imine (C=N–C) groups is 1. The van der Waals surface area contributed by atoms with E-state index in [1.165, 1.54) is 17.0 Å². The van der Waals surface area contributed by atoms with Crippen LogP contribution in [0.4, 0.5) is 8.78 Å². The van der Waals surface area contributed by atoms with Gasteiger partial charge in [-0.2, -0.15) is 0 Å². The van der Waals surface area contributed by atoms with Crippen LogP contribution in [-0.4, -0.2) is 39.4 Å². The van der Waals surface area contributed by atoms with Crippen molar-refractivity contribution in [1.29, 1.82) is 0 Å². The minimum Gasteiger partial charge on any atom is -0.390 e. The van der Waals surface area contributed by atoms with Crippen molar-refractivity contribution in [3.05, 3.63) is 88.0 Å². The molecule has 2 aliphatic carbocycles. The van der Waals surface area contributed by atoms with Gasteiger partial charge in [-0.1, -0.05) is 61.5 Å². The number of guanidine groups is 1. The van der Waals surface area contributed by atoms with Crippen LogP contribution in [0, 0.1) is 0 Å². The standard InChI is InChI=1S/C32H34F2N4O3/c1-2-31-14-6-5-7-19-10-11-20-16-25(39)28(23(20)15-19)36-26(40)13-12-21-17-32(33,34)24-9-4-3-8-22(24)29(21)38(27(41)18-31)30(35)37-31/h3-5,7-12,15,25,28-29,39H,2,6,13-14,16-18H2,1H3,(H2,35,37)(H,36,40)/b7-5+,21-12+/t25-,28-,29+,31-/m1/s1. The number of nitrogens with zero attached hydrogens (tertiary/aromatic N) is 2. The van der Waals surface area contributed by atoms with Crippen molar-refractivity contribution in [2.75, 3.05) is 0 Å². The fraction of sp³-hybridized carbons (Fsp3) is 0.406. The van der Waals surface area contributed by atoms with Gasteiger partial charge in [-0.15, -0.1) is 0 Å². The highest BCUT2D eigenvalue weighted by atomic mass is 19.3. The minimum absolute atomic E-state index is 0.00266. The van der Waals surface area contributed by atoms with Crippen LogP contribution in [0.2, 0.25) is 0 Å². The van der Waals surface area contributed by atoms with Crippen molar-refractivity contribution in [3.63, 3.8) is 0 Å². The van der Waals surface area contributed by atoms with Gasteiger partial charge >= 0.3 is 0 Å². The molecule has 2 aromatic carbocycles. The van der Waals surface area contributed by atoms with Gasteiger partial charge in [0, 0.05) is 24.8 Å². The predicted octanol–water partition coefficient (Wildman–Crippen LogP) is 4.82. The molecule has 0 aromatic heterocycles. The van der Waals surface area contributed by atoms with Gasteiger partial charge in [0.25, 0.3) is 5.92 Å². The van der Waals surface area contributed by atoms with E-state index < -0.39 is 42.0 Å². The largest absolute Gasteiger partial charge is 0.390 e. The number of fused-ring (bicyclic) bond motifs is 7. The zero-order valence-corrected chi connectivity index (χ0v) is 22.9. The maximum absolute atomic E-state index is 15.4. The van der Waals surface area contributed by atoms with Crippen LogP contribution in [0.1, 0.15) is 85.3 Å². The number of aliphatic hydroxyl groups excluding tert-OH is 1. The van der Waals surface area contributed by atoms with Gasteiger partial charge in [-0.25, -0.2) is 13.8 Å². The smallest absolute Gasteiger partial charge is 0.277 e. The highest BCUT2D eigenvalue weighted by Gasteiger charge is 2.49. The van der Waals surface area contributed by atoms with E-state index in [-0.39, 0.29) is 41.4 Å². The van der Waals surface area contributed by atoms with Crippen LogP contribution in [0.25, 0.3) is 6.08 Å². The third-order valence-corrected chi connectivity index (χ3v) is 8.96. The Morgan fingerprint density at radius 3 is 2.73 bits per heavy atom. The van der Waals surface area contributed by atoms with Crippen molar-refractivity contribution in [2.45, 2.75) is 81.5 Å². The molecule has 0 saturated carbocycles. The summed E-state index contributed by atoms with van der Waals surface area (Å²) in [6.45, 7) is 1.97. The number of carbonyl (C=O) groups excluding carboxylic acids is 2. The van der Waals surface area contributed by atoms with Crippen LogP contribution in [0.3, 0.4) is 0 Å². The summed E-state index contributed by atoms with van der Waals surface area (Å²) in [5.74, 6) is -3.87. The van der Waals surface area contributed by atoms with Crippen LogP contribution in [0.15, 0.2) is 65.2 Å². The fourth-order valence-electron chi connectivity index (χ4n) is 6.78. The molecule has 7 nitrogen and oxygen atoms in total. The SMILES string of the molecule is CC[C@@]12CC/C=C/c3ccc4c(c3)[C@@H](NC(=O)C/C=C3\CC(F)(F)c5ccccc5[C@H]3N(C(=O)C1)C(N)=N2)[C@H](O)C4. The quantitative estimate of drug-likeness (QED) is 0.435. The molecule has 4 atom stereocenters. The molecule has 0 unspecified atom stereocenters. The van der Waals surface area contributed by atoms with Crippen molar-refractivity contribution in [1.82, 2.24) is 10.2 Å². The Balaban J connectivity index is 1.46. The average Bonchev–Trinajstić information content (AvgIpc) is 3.24. The first kappa shape index (κ1) is 27.3. The number of nitrogens with two attached hydrogens (primary N) is 1. The molecule has 0 radical (unpaired) electrons. The molecule has 3 aliphatic heterocycles. The fourth-order valence-corrected chi connectivity index (χ4v) is 6.78. The molecular weight excluding hydrogens is 526 g/mol. The zero-order chi connectivity index (χ0) is 28.9. The molecule has 9 heteroatoms. The topological polar surface area (TPSA) is 108 Å². The number of nitrogens with one attached hydrogen (secondary N) is 1. The molecule has 2 amide bonds. The highest BCUT2D eigenvalue weighted by Crippen LogP contribution is 2.50. The second kappa shape index (κ2) is 10.2. The maximum Gasteiger partial charge on any atom is 0.277 e. The molecule has 3 heterocycles. The lowest BCUT2D eigenvalue weighted by Gasteiger charge is -2.44. The van der Waals surface area contributed by atoms with Gasteiger partial charge in [-0.05, 0) is 53.2 Å². The van der Waals surface area contributed by atoms with E-state index in [1.807, 2.05) is 37.3 Å². The molecule has 4 bridgehead atoms. The number of carbonyl (C=O) groups is 2. The summed E-state index contributed by atoms with van der Waals surface area (Å²) in [5.41, 5.74) is 8.91. The molecule has 0 fully saturated rings. The number of halogens is 2. The Kier molecular flexibility index (Phi) is 6.80. The molecule has 7 rings (SSSR count). The summed E-state index contributed by atoms with van der Waals surface area (Å²) >= 11 is 0. The number of amides is 2. The molecule has 2 aromatic rings. The molecule has 0 spiro atoms. The summed E-state index contributed by atoms with van der Waals surface area (Å²) in [4.78, 5) is 33.1. The summed E-state index contributed by atoms with van der Waals surface area (Å²) in [6, 6.07) is 10.6. The normalized spacial score (nSPS) is 31.1. The van der Waals surface area contributed by atoms with Gasteiger partial charge in [-0.3, -0.25) is 14.5 Å². The number of hydrogen-bond donors (Lipinski definition) is 3. The Morgan fingerprint density at radius 1 is 1.15 bits per heavy atom. The Morgan fingerprint density at radius 2 is 1.95 bits per heavy atom. The van der Waals surface area contributed by atoms with Crippen LogP contribution in [-0.2, 0) is 21.9 Å². The third kappa shape index (κ3) is 4.86. The van der Waals surface area contributed by atoms with E-state index in [1.54, 1.807) is 18.2 Å². The highest BCUT2D eigenvalue weighted by molar-refractivity contribution is 6.00. The summed E-state index contributed by atoms with van der Waals surface area (Å²) < 4.78 is 30.9. The number of benzene rings is 2. The van der Waals surface area contributed by atoms with Gasteiger partial charge < -0.3 is 16.2 Å². The van der Waals surface area contributed by atoms with Gasteiger partial charge in [0.2, 0.25) is 11.8 Å². The van der Waals surface area contributed by atoms with E-state index in [0.717, 1.165) is 16.7 Å². The van der Waals surface area contributed by atoms with E-state index in [4.69, 9.17) is 10.7 Å². The van der Waals surface area contributed by atoms with Crippen LogP contribution in [0.5, 0.6) is 0 Å². The molecular formula is C32H34F2N4O3. The molecule has 0 saturated heterocycles. The Labute approximate surface area is 237 Å². The van der Waals surface area contributed by atoms with Gasteiger partial charge in [0.1, 0.15) is 0 Å². The first-order valence-corrected chi connectivity index (χ1v) is 14.2. The minimum atomic E-state index is -3.19. The Hall–Kier alpha value is -3.85. The molecule has 41 heavy (non-hydrogen) atoms. The van der Waals surface area contributed by atoms with Crippen molar-refractivity contribution in [3.8, 4) is 0 Å². The van der Waals surface area contributed by atoms with E-state index in [9.17, 15) is 14.7 Å². The summed E-state index contributed by atoms with van der Waals surface area (Å²) in [7, 11) is 0. The lowest BCUT2D eigenvalue weighted by molar-refractivity contribution is -0.131. The van der Waals surface area contributed by atoms with Crippen molar-refractivity contribution >= 4 is 23.8 Å². The molecule has 4 N–H and O–H groups in total. The first-order valence-electron chi connectivity index (χ1n) is 14.2. The summed E-state index contributed by atoms with van der Waals surface area (Å²) in [5, 5.41) is 13.7. The first-order chi connectivity index (χ1) is 19.6. The van der Waals surface area contributed by atoms with E-state index in [0.29, 0.717) is 25.7 Å². The lowest BCUT2D eigenvalue weighted by Crippen LogP contribution is -2.54. The number of allylic oxidation sites excluding steroid dienone is 1. The van der Waals surface area contributed by atoms with Crippen LogP contribution >= 0.6 is 0 Å². The molecule has 5 aliphatic rings. The molecule has 214 valence electrons. The Bertz CT molecular complexity index is 1500. The second-order valence-electron chi connectivity index (χ2n) is 11.6. The van der Waals surface area contributed by atoms with Crippen molar-refractivity contribution < 1.29 is 23.5 Å². The monoisotopic (exact) mass is 560 g/mol. The van der Waals surface area contributed by atoms with Gasteiger partial charge in [0.15, 0.2) is 5.96 Å². The van der Waals surface area contributed by atoms with E-state index >= 15 is 8.78 Å². The van der Waals surface area contributed by atoms with Crippen molar-refractivity contribution in [2.24, 2.45) is 10.7 Å². The summed E-state index contributed by atoms with van der Waals surface area (Å²) in [6.07, 6.45) is 6.26. The van der Waals surface area contributed by atoms with E-state index in [2.05, 4.69) is 5.32 Å². The maximum atomic E-state index is 15.4. The zero-order valence-electron chi connectivity index (χ0n) is 22.9. The third-order valence-electron chi connectivity index (χ3n) is 8.96. The van der Waals surface area contributed by atoms with Gasteiger partial charge in [0.05, 0.1) is 30.1 Å². The lowest BCUT2D eigenvalue weighted by atomic mass is 9.79. The average molecular weight is 561 g/mol. The van der Waals surface area contributed by atoms with Crippen LogP contribution < -0.4 is 11.1 Å². The number of hydrogen-bond acceptors (Lipinski definition) is 5.